The summed E-state index contributed by atoms with van der Waals surface area (Å²) in [5.41, 5.74) is 1.08. The molecular formula is C23H18ClN3O3. The zero-order valence-electron chi connectivity index (χ0n) is 16.4. The number of nitrogens with zero attached hydrogens (tertiary/aromatic N) is 3. The van der Waals surface area contributed by atoms with Gasteiger partial charge in [0, 0.05) is 23.1 Å². The first-order chi connectivity index (χ1) is 14.5. The molecule has 0 unspecified atom stereocenters. The van der Waals surface area contributed by atoms with E-state index in [9.17, 15) is 9.59 Å². The number of ether oxygens (including phenoxy) is 1. The van der Waals surface area contributed by atoms with Crippen LogP contribution in [-0.4, -0.2) is 29.8 Å². The van der Waals surface area contributed by atoms with Crippen LogP contribution < -0.4 is 15.2 Å². The van der Waals surface area contributed by atoms with Crippen molar-refractivity contribution in [3.63, 3.8) is 0 Å². The highest BCUT2D eigenvalue weighted by Gasteiger charge is 2.21. The van der Waals surface area contributed by atoms with Crippen LogP contribution in [-0.2, 0) is 0 Å². The molecule has 6 nitrogen and oxygen atoms in total. The van der Waals surface area contributed by atoms with Crippen LogP contribution in [0.2, 0.25) is 5.02 Å². The van der Waals surface area contributed by atoms with E-state index >= 15 is 0 Å². The van der Waals surface area contributed by atoms with Gasteiger partial charge in [-0.2, -0.15) is 9.78 Å². The van der Waals surface area contributed by atoms with Crippen molar-refractivity contribution in [1.29, 1.82) is 0 Å². The van der Waals surface area contributed by atoms with Gasteiger partial charge in [0.05, 0.1) is 18.2 Å². The van der Waals surface area contributed by atoms with Gasteiger partial charge in [-0.1, -0.05) is 29.8 Å². The van der Waals surface area contributed by atoms with E-state index in [-0.39, 0.29) is 17.2 Å². The van der Waals surface area contributed by atoms with E-state index in [2.05, 4.69) is 5.10 Å². The molecule has 0 spiro atoms. The molecule has 4 aromatic rings. The van der Waals surface area contributed by atoms with Crippen LogP contribution in [0.25, 0.3) is 16.5 Å². The van der Waals surface area contributed by atoms with Gasteiger partial charge in [0.1, 0.15) is 5.75 Å². The van der Waals surface area contributed by atoms with E-state index < -0.39 is 0 Å². The van der Waals surface area contributed by atoms with Gasteiger partial charge in [0.25, 0.3) is 11.5 Å². The molecule has 0 atom stereocenters. The number of hydrogen-bond acceptors (Lipinski definition) is 4. The average molecular weight is 420 g/mol. The third kappa shape index (κ3) is 3.53. The second-order valence-electron chi connectivity index (χ2n) is 6.65. The minimum absolute atomic E-state index is 0.179. The van der Waals surface area contributed by atoms with Gasteiger partial charge < -0.3 is 9.64 Å². The predicted octanol–water partition coefficient (Wildman–Crippen LogP) is 4.32. The molecule has 4 rings (SSSR count). The number of hydrogen-bond donors (Lipinski definition) is 0. The summed E-state index contributed by atoms with van der Waals surface area (Å²) in [5.74, 6) is 0.321. The summed E-state index contributed by atoms with van der Waals surface area (Å²) >= 11 is 5.96. The maximum absolute atomic E-state index is 13.3. The fourth-order valence-corrected chi connectivity index (χ4v) is 3.31. The molecule has 1 heterocycles. The Balaban J connectivity index is 1.88. The SMILES string of the molecule is COc1ccc(-n2nc(C(=O)N(C)c3ccc(Cl)cc3)c3ccccc3c2=O)cc1. The van der Waals surface area contributed by atoms with Gasteiger partial charge in [-0.3, -0.25) is 9.59 Å². The molecule has 30 heavy (non-hydrogen) atoms. The Bertz CT molecular complexity index is 1280. The number of amides is 1. The Morgan fingerprint density at radius 3 is 2.23 bits per heavy atom. The fourth-order valence-electron chi connectivity index (χ4n) is 3.19. The maximum Gasteiger partial charge on any atom is 0.279 e. The smallest absolute Gasteiger partial charge is 0.279 e. The Morgan fingerprint density at radius 1 is 0.967 bits per heavy atom. The van der Waals surface area contributed by atoms with E-state index in [4.69, 9.17) is 16.3 Å². The van der Waals surface area contributed by atoms with Crippen LogP contribution in [0, 0.1) is 0 Å². The molecule has 0 bridgehead atoms. The van der Waals surface area contributed by atoms with E-state index in [1.54, 1.807) is 87.0 Å². The number of fused-ring (bicyclic) bond motifs is 1. The van der Waals surface area contributed by atoms with Crippen LogP contribution >= 0.6 is 11.6 Å². The highest BCUT2D eigenvalue weighted by Crippen LogP contribution is 2.22. The lowest BCUT2D eigenvalue weighted by atomic mass is 10.1. The molecule has 0 N–H and O–H groups in total. The van der Waals surface area contributed by atoms with Crippen molar-refractivity contribution in [1.82, 2.24) is 9.78 Å². The molecule has 1 aromatic heterocycles. The van der Waals surface area contributed by atoms with Gasteiger partial charge in [-0.15, -0.1) is 0 Å². The molecule has 0 aliphatic carbocycles. The summed E-state index contributed by atoms with van der Waals surface area (Å²) in [4.78, 5) is 27.9. The standard InChI is InChI=1S/C23H18ClN3O3/c1-26(16-9-7-15(24)8-10-16)23(29)21-19-5-3-4-6-20(19)22(28)27(25-21)17-11-13-18(30-2)14-12-17/h3-14H,1-2H3. The zero-order chi connectivity index (χ0) is 21.3. The number of anilines is 1. The summed E-state index contributed by atoms with van der Waals surface area (Å²) < 4.78 is 6.42. The first-order valence-corrected chi connectivity index (χ1v) is 9.57. The number of rotatable bonds is 4. The van der Waals surface area contributed by atoms with Crippen molar-refractivity contribution in [2.75, 3.05) is 19.1 Å². The highest BCUT2D eigenvalue weighted by molar-refractivity contribution is 6.30. The van der Waals surface area contributed by atoms with Crippen molar-refractivity contribution in [2.24, 2.45) is 0 Å². The molecule has 0 aliphatic heterocycles. The quantitative estimate of drug-likeness (QED) is 0.494. The Morgan fingerprint density at radius 2 is 1.60 bits per heavy atom. The number of methoxy groups -OCH3 is 1. The maximum atomic E-state index is 13.3. The number of carbonyl (C=O) groups excluding carboxylic acids is 1. The third-order valence-electron chi connectivity index (χ3n) is 4.84. The molecule has 0 fully saturated rings. The summed E-state index contributed by atoms with van der Waals surface area (Å²) in [7, 11) is 3.23. The summed E-state index contributed by atoms with van der Waals surface area (Å²) in [6.45, 7) is 0. The van der Waals surface area contributed by atoms with Crippen molar-refractivity contribution >= 4 is 34.0 Å². The first kappa shape index (κ1) is 19.7. The van der Waals surface area contributed by atoms with Gasteiger partial charge in [0.15, 0.2) is 5.69 Å². The highest BCUT2D eigenvalue weighted by atomic mass is 35.5. The molecule has 0 aliphatic rings. The van der Waals surface area contributed by atoms with Crippen molar-refractivity contribution in [3.05, 3.63) is 93.9 Å². The van der Waals surface area contributed by atoms with E-state index in [0.717, 1.165) is 0 Å². The largest absolute Gasteiger partial charge is 0.497 e. The lowest BCUT2D eigenvalue weighted by molar-refractivity contribution is 0.0988. The molecular weight excluding hydrogens is 402 g/mol. The lowest BCUT2D eigenvalue weighted by Crippen LogP contribution is -2.31. The average Bonchev–Trinajstić information content (AvgIpc) is 2.79. The summed E-state index contributed by atoms with van der Waals surface area (Å²) in [6, 6.07) is 20.8. The van der Waals surface area contributed by atoms with Crippen LogP contribution in [0.1, 0.15) is 10.5 Å². The second-order valence-corrected chi connectivity index (χ2v) is 7.09. The molecule has 0 saturated heterocycles. The minimum atomic E-state index is -0.337. The molecule has 0 radical (unpaired) electrons. The van der Waals surface area contributed by atoms with Gasteiger partial charge in [-0.05, 0) is 54.6 Å². The normalized spacial score (nSPS) is 10.8. The van der Waals surface area contributed by atoms with Gasteiger partial charge in [0.2, 0.25) is 0 Å². The van der Waals surface area contributed by atoms with Gasteiger partial charge in [-0.25, -0.2) is 0 Å². The predicted molar refractivity (Wildman–Crippen MR) is 118 cm³/mol. The van der Waals surface area contributed by atoms with E-state index in [0.29, 0.717) is 32.9 Å². The van der Waals surface area contributed by atoms with Crippen LogP contribution in [0.4, 0.5) is 5.69 Å². The minimum Gasteiger partial charge on any atom is -0.497 e. The molecule has 7 heteroatoms. The Kier molecular flexibility index (Phi) is 5.25. The number of aromatic nitrogens is 2. The summed E-state index contributed by atoms with van der Waals surface area (Å²) in [5, 5.41) is 5.93. The number of halogens is 1. The number of carbonyl (C=O) groups is 1. The molecule has 1 amide bonds. The van der Waals surface area contributed by atoms with Crippen molar-refractivity contribution in [2.45, 2.75) is 0 Å². The molecule has 150 valence electrons. The number of benzene rings is 3. The lowest BCUT2D eigenvalue weighted by Gasteiger charge is -2.19. The van der Waals surface area contributed by atoms with Crippen LogP contribution in [0.5, 0.6) is 5.75 Å². The third-order valence-corrected chi connectivity index (χ3v) is 5.10. The van der Waals surface area contributed by atoms with E-state index in [1.807, 2.05) is 0 Å². The molecule has 0 saturated carbocycles. The Labute approximate surface area is 177 Å². The monoisotopic (exact) mass is 419 g/mol. The topological polar surface area (TPSA) is 64.4 Å². The Hall–Kier alpha value is -3.64. The van der Waals surface area contributed by atoms with Gasteiger partial charge >= 0.3 is 0 Å². The molecule has 3 aromatic carbocycles. The van der Waals surface area contributed by atoms with E-state index in [1.165, 1.54) is 9.58 Å². The first-order valence-electron chi connectivity index (χ1n) is 9.19. The van der Waals surface area contributed by atoms with Crippen molar-refractivity contribution < 1.29 is 9.53 Å². The zero-order valence-corrected chi connectivity index (χ0v) is 17.1. The van der Waals surface area contributed by atoms with Crippen molar-refractivity contribution in [3.8, 4) is 11.4 Å². The second kappa shape index (κ2) is 8.00. The fraction of sp³-hybridized carbons (Fsp3) is 0.0870. The summed E-state index contributed by atoms with van der Waals surface area (Å²) in [6.07, 6.45) is 0. The van der Waals surface area contributed by atoms with Crippen LogP contribution in [0.3, 0.4) is 0 Å². The van der Waals surface area contributed by atoms with Crippen LogP contribution in [0.15, 0.2) is 77.6 Å².